The van der Waals surface area contributed by atoms with E-state index in [-0.39, 0.29) is 13.5 Å². The van der Waals surface area contributed by atoms with Crippen molar-refractivity contribution in [2.75, 3.05) is 0 Å². The van der Waals surface area contributed by atoms with E-state index in [1.54, 1.807) is 54.6 Å². The second-order valence-electron chi connectivity index (χ2n) is 8.13. The maximum Gasteiger partial charge on any atom is 0.343 e. The smallest absolute Gasteiger partial charge is 0.343 e. The largest absolute Gasteiger partial charge is 0.478 e. The SMILES string of the molecule is CCc1cc(C)c(OC(=O)c2ccccc2)cc1OC(=O)c1ccccc1.O=COc1ccc(C(=O)O)cc1.[HH]. The van der Waals surface area contributed by atoms with Gasteiger partial charge in [-0.2, -0.15) is 0 Å². The van der Waals surface area contributed by atoms with Gasteiger partial charge in [-0.3, -0.25) is 4.79 Å². The molecule has 1 N–H and O–H groups in total. The van der Waals surface area contributed by atoms with Gasteiger partial charge in [0.05, 0.1) is 16.7 Å². The van der Waals surface area contributed by atoms with E-state index < -0.39 is 17.9 Å². The number of carboxylic acid groups (broad SMARTS) is 1. The van der Waals surface area contributed by atoms with Gasteiger partial charge in [0.1, 0.15) is 17.2 Å². The summed E-state index contributed by atoms with van der Waals surface area (Å²) in [6.45, 7) is 4.12. The highest BCUT2D eigenvalue weighted by Gasteiger charge is 2.16. The van der Waals surface area contributed by atoms with E-state index in [9.17, 15) is 19.2 Å². The maximum atomic E-state index is 12.4. The second-order valence-corrected chi connectivity index (χ2v) is 8.13. The maximum absolute atomic E-state index is 12.4. The number of aromatic carboxylic acids is 1. The molecule has 0 heterocycles. The molecular weight excluding hydrogens is 500 g/mol. The minimum absolute atomic E-state index is 0. The number of carbonyl (C=O) groups excluding carboxylic acids is 3. The summed E-state index contributed by atoms with van der Waals surface area (Å²) in [6, 6.07) is 26.6. The Morgan fingerprint density at radius 2 is 1.26 bits per heavy atom. The van der Waals surface area contributed by atoms with Crippen molar-refractivity contribution in [3.63, 3.8) is 0 Å². The van der Waals surface area contributed by atoms with E-state index in [2.05, 4.69) is 4.74 Å². The first-order valence-electron chi connectivity index (χ1n) is 11.9. The molecule has 0 bridgehead atoms. The van der Waals surface area contributed by atoms with Crippen molar-refractivity contribution < 1.29 is 39.9 Å². The highest BCUT2D eigenvalue weighted by Crippen LogP contribution is 2.30. The van der Waals surface area contributed by atoms with Gasteiger partial charge in [-0.25, -0.2) is 14.4 Å². The minimum Gasteiger partial charge on any atom is -0.478 e. The van der Waals surface area contributed by atoms with Crippen LogP contribution in [0.2, 0.25) is 0 Å². The van der Waals surface area contributed by atoms with Gasteiger partial charge in [-0.15, -0.1) is 0 Å². The van der Waals surface area contributed by atoms with E-state index in [1.807, 2.05) is 32.0 Å². The van der Waals surface area contributed by atoms with Gasteiger partial charge in [0.15, 0.2) is 0 Å². The number of hydrogen-bond donors (Lipinski definition) is 1. The van der Waals surface area contributed by atoms with Crippen LogP contribution in [0, 0.1) is 6.92 Å². The Morgan fingerprint density at radius 3 is 1.72 bits per heavy atom. The topological polar surface area (TPSA) is 116 Å². The van der Waals surface area contributed by atoms with E-state index in [0.29, 0.717) is 34.8 Å². The van der Waals surface area contributed by atoms with Gasteiger partial charge < -0.3 is 19.3 Å². The van der Waals surface area contributed by atoms with Crippen LogP contribution in [0.4, 0.5) is 0 Å². The van der Waals surface area contributed by atoms with Crippen LogP contribution in [0.3, 0.4) is 0 Å². The first kappa shape index (κ1) is 28.3. The van der Waals surface area contributed by atoms with E-state index in [0.717, 1.165) is 11.1 Å². The van der Waals surface area contributed by atoms with Crippen LogP contribution >= 0.6 is 0 Å². The molecule has 0 saturated carbocycles. The first-order chi connectivity index (χ1) is 18.8. The number of aryl methyl sites for hydroxylation is 2. The van der Waals surface area contributed by atoms with Crippen molar-refractivity contribution in [1.29, 1.82) is 0 Å². The summed E-state index contributed by atoms with van der Waals surface area (Å²) >= 11 is 0. The normalized spacial score (nSPS) is 9.90. The van der Waals surface area contributed by atoms with Gasteiger partial charge in [0, 0.05) is 7.49 Å². The average molecular weight is 529 g/mol. The lowest BCUT2D eigenvalue weighted by Gasteiger charge is -2.14. The summed E-state index contributed by atoms with van der Waals surface area (Å²) in [5.74, 6) is -0.815. The average Bonchev–Trinajstić information content (AvgIpc) is 2.96. The number of ether oxygens (including phenoxy) is 3. The van der Waals surface area contributed by atoms with E-state index in [1.165, 1.54) is 24.3 Å². The molecule has 4 rings (SSSR count). The molecule has 0 atom stereocenters. The fourth-order valence-corrected chi connectivity index (χ4v) is 3.41. The minimum atomic E-state index is -1.01. The van der Waals surface area contributed by atoms with Crippen LogP contribution in [-0.4, -0.2) is 29.5 Å². The molecule has 0 radical (unpaired) electrons. The lowest BCUT2D eigenvalue weighted by atomic mass is 10.1. The van der Waals surface area contributed by atoms with Crippen molar-refractivity contribution >= 4 is 24.4 Å². The van der Waals surface area contributed by atoms with E-state index in [4.69, 9.17) is 14.6 Å². The Balaban J connectivity index is 0.000000363. The highest BCUT2D eigenvalue weighted by atomic mass is 16.5. The molecule has 8 heteroatoms. The van der Waals surface area contributed by atoms with E-state index >= 15 is 0 Å². The number of carbonyl (C=O) groups is 4. The molecule has 0 aromatic heterocycles. The Morgan fingerprint density at radius 1 is 0.744 bits per heavy atom. The Hall–Kier alpha value is -5.24. The quantitative estimate of drug-likeness (QED) is 0.164. The number of carboxylic acids is 1. The number of hydrogen-bond acceptors (Lipinski definition) is 7. The number of esters is 2. The summed E-state index contributed by atoms with van der Waals surface area (Å²) in [7, 11) is 0. The molecule has 0 aliphatic heterocycles. The molecule has 0 aliphatic rings. The lowest BCUT2D eigenvalue weighted by Crippen LogP contribution is -2.12. The monoisotopic (exact) mass is 528 g/mol. The standard InChI is InChI=1S/C23H20O4.C8H6O4.H2/c1-3-17-14-16(2)20(26-22(24)18-10-6-4-7-11-18)15-21(17)27-23(25)19-12-8-5-9-13-19;9-5-12-7-3-1-6(2-4-7)8(10)11;/h4-15H,3H2,1-2H3;1-5H,(H,10,11);1H. The number of rotatable bonds is 8. The van der Waals surface area contributed by atoms with Crippen LogP contribution in [-0.2, 0) is 11.2 Å². The predicted molar refractivity (Wildman–Crippen MR) is 146 cm³/mol. The summed E-state index contributed by atoms with van der Waals surface area (Å²) in [5, 5.41) is 8.50. The first-order valence-corrected chi connectivity index (χ1v) is 11.9. The van der Waals surface area contributed by atoms with Gasteiger partial charge in [0.25, 0.3) is 6.47 Å². The molecule has 4 aromatic carbocycles. The molecule has 0 spiro atoms. The van der Waals surface area contributed by atoms with Gasteiger partial charge in [-0.05, 0) is 79.1 Å². The Labute approximate surface area is 226 Å². The van der Waals surface area contributed by atoms with Crippen LogP contribution in [0.25, 0.3) is 0 Å². The third-order valence-corrected chi connectivity index (χ3v) is 5.45. The molecule has 8 nitrogen and oxygen atoms in total. The summed E-state index contributed by atoms with van der Waals surface area (Å²) < 4.78 is 15.6. The van der Waals surface area contributed by atoms with Crippen molar-refractivity contribution in [2.45, 2.75) is 20.3 Å². The fraction of sp³-hybridized carbons (Fsp3) is 0.0968. The van der Waals surface area contributed by atoms with Crippen LogP contribution in [0.5, 0.6) is 17.2 Å². The second kappa shape index (κ2) is 13.9. The predicted octanol–water partition coefficient (Wildman–Crippen LogP) is 6.16. The molecular formula is C31H28O8. The van der Waals surface area contributed by atoms with Crippen LogP contribution in [0.15, 0.2) is 97.1 Å². The zero-order valence-corrected chi connectivity index (χ0v) is 21.3. The fourth-order valence-electron chi connectivity index (χ4n) is 3.41. The van der Waals surface area contributed by atoms with Crippen molar-refractivity contribution in [3.8, 4) is 17.2 Å². The molecule has 0 unspecified atom stereocenters. The molecule has 0 fully saturated rings. The van der Waals surface area contributed by atoms with Gasteiger partial charge in [0.2, 0.25) is 0 Å². The van der Waals surface area contributed by atoms with Crippen LogP contribution < -0.4 is 14.2 Å². The lowest BCUT2D eigenvalue weighted by molar-refractivity contribution is -0.120. The molecule has 0 aliphatic carbocycles. The van der Waals surface area contributed by atoms with Crippen LogP contribution in [0.1, 0.15) is 50.6 Å². The number of benzene rings is 4. The highest BCUT2D eigenvalue weighted by molar-refractivity contribution is 5.92. The Bertz CT molecular complexity index is 1440. The molecule has 200 valence electrons. The Kier molecular flexibility index (Phi) is 10.1. The summed E-state index contributed by atoms with van der Waals surface area (Å²) in [6.07, 6.45) is 0.686. The zero-order valence-electron chi connectivity index (χ0n) is 21.3. The van der Waals surface area contributed by atoms with Crippen molar-refractivity contribution in [1.82, 2.24) is 0 Å². The van der Waals surface area contributed by atoms with Gasteiger partial charge >= 0.3 is 17.9 Å². The molecule has 39 heavy (non-hydrogen) atoms. The summed E-state index contributed by atoms with van der Waals surface area (Å²) in [4.78, 5) is 45.0. The molecule has 0 saturated heterocycles. The zero-order chi connectivity index (χ0) is 28.2. The van der Waals surface area contributed by atoms with Crippen molar-refractivity contribution in [3.05, 3.63) is 125 Å². The third kappa shape index (κ3) is 8.13. The molecule has 0 amide bonds. The third-order valence-electron chi connectivity index (χ3n) is 5.45. The van der Waals surface area contributed by atoms with Crippen molar-refractivity contribution in [2.24, 2.45) is 0 Å². The van der Waals surface area contributed by atoms with Gasteiger partial charge in [-0.1, -0.05) is 43.3 Å². The molecule has 4 aromatic rings. The summed E-state index contributed by atoms with van der Waals surface area (Å²) in [5.41, 5.74) is 2.75.